The van der Waals surface area contributed by atoms with Gasteiger partial charge in [-0.1, -0.05) is 41.9 Å². The van der Waals surface area contributed by atoms with E-state index < -0.39 is 0 Å². The molecule has 1 saturated heterocycles. The molecule has 126 valence electrons. The zero-order chi connectivity index (χ0) is 16.6. The Labute approximate surface area is 141 Å². The summed E-state index contributed by atoms with van der Waals surface area (Å²) in [4.78, 5) is 15.4. The van der Waals surface area contributed by atoms with E-state index in [0.717, 1.165) is 38.9 Å². The average molecular weight is 326 g/mol. The van der Waals surface area contributed by atoms with Crippen molar-refractivity contribution in [1.29, 1.82) is 0 Å². The Balaban J connectivity index is 1.50. The highest BCUT2D eigenvalue weighted by molar-refractivity contribution is 5.95. The average Bonchev–Trinajstić information content (AvgIpc) is 3.24. The molecule has 1 aliphatic heterocycles. The molecule has 1 aromatic heterocycles. The lowest BCUT2D eigenvalue weighted by Gasteiger charge is -2.27. The number of nitrogens with one attached hydrogen (secondary N) is 1. The van der Waals surface area contributed by atoms with Gasteiger partial charge in [-0.05, 0) is 36.4 Å². The van der Waals surface area contributed by atoms with Crippen molar-refractivity contribution in [3.8, 4) is 0 Å². The van der Waals surface area contributed by atoms with Gasteiger partial charge in [0, 0.05) is 19.6 Å². The number of anilines is 1. The predicted molar refractivity (Wildman–Crippen MR) is 89.2 cm³/mol. The highest BCUT2D eigenvalue weighted by atomic mass is 16.6. The fourth-order valence-corrected chi connectivity index (χ4v) is 4.30. The van der Waals surface area contributed by atoms with Crippen molar-refractivity contribution in [3.63, 3.8) is 0 Å². The Bertz CT molecular complexity index is 730. The predicted octanol–water partition coefficient (Wildman–Crippen LogP) is 2.62. The van der Waals surface area contributed by atoms with Crippen molar-refractivity contribution in [1.82, 2.24) is 15.2 Å². The van der Waals surface area contributed by atoms with Crippen LogP contribution in [0.15, 0.2) is 35.0 Å². The maximum Gasteiger partial charge on any atom is 0.233 e. The molecule has 1 aromatic carbocycles. The fourth-order valence-electron chi connectivity index (χ4n) is 4.30. The summed E-state index contributed by atoms with van der Waals surface area (Å²) < 4.78 is 4.69. The molecule has 0 spiro atoms. The van der Waals surface area contributed by atoms with Crippen LogP contribution in [0, 0.1) is 18.3 Å². The molecule has 2 aromatic rings. The Morgan fingerprint density at radius 2 is 2.21 bits per heavy atom. The Morgan fingerprint density at radius 1 is 1.38 bits per heavy atom. The molecule has 2 heterocycles. The van der Waals surface area contributed by atoms with Gasteiger partial charge in [0.25, 0.3) is 0 Å². The lowest BCUT2D eigenvalue weighted by atomic mass is 9.80. The summed E-state index contributed by atoms with van der Waals surface area (Å²) in [6.45, 7) is 4.48. The molecule has 6 heteroatoms. The third-order valence-corrected chi connectivity index (χ3v) is 5.53. The summed E-state index contributed by atoms with van der Waals surface area (Å²) in [7, 11) is 0. The van der Waals surface area contributed by atoms with E-state index in [2.05, 4.69) is 44.8 Å². The minimum Gasteiger partial charge on any atom is -0.306 e. The summed E-state index contributed by atoms with van der Waals surface area (Å²) in [5.74, 6) is 0.933. The van der Waals surface area contributed by atoms with E-state index in [-0.39, 0.29) is 11.3 Å². The van der Waals surface area contributed by atoms with Crippen LogP contribution < -0.4 is 5.32 Å². The van der Waals surface area contributed by atoms with Crippen molar-refractivity contribution in [2.24, 2.45) is 11.3 Å². The summed E-state index contributed by atoms with van der Waals surface area (Å²) in [6.07, 6.45) is 3.18. The van der Waals surface area contributed by atoms with Crippen LogP contribution >= 0.6 is 0 Å². The molecule has 2 fully saturated rings. The van der Waals surface area contributed by atoms with Crippen molar-refractivity contribution in [3.05, 3.63) is 41.6 Å². The number of likely N-dealkylation sites (tertiary alicyclic amines) is 1. The first kappa shape index (κ1) is 15.3. The highest BCUT2D eigenvalue weighted by Gasteiger charge is 2.54. The van der Waals surface area contributed by atoms with Crippen molar-refractivity contribution < 1.29 is 9.42 Å². The van der Waals surface area contributed by atoms with E-state index in [9.17, 15) is 4.79 Å². The number of fused-ring (bicyclic) bond motifs is 1. The third kappa shape index (κ3) is 2.60. The molecule has 2 aliphatic rings. The van der Waals surface area contributed by atoms with Crippen LogP contribution in [0.5, 0.6) is 0 Å². The number of carbonyl (C=O) groups excluding carboxylic acids is 1. The van der Waals surface area contributed by atoms with Gasteiger partial charge in [-0.3, -0.25) is 9.69 Å². The first-order chi connectivity index (χ1) is 11.7. The molecule has 0 radical (unpaired) electrons. The van der Waals surface area contributed by atoms with Crippen LogP contribution in [0.4, 0.5) is 5.82 Å². The second-order valence-corrected chi connectivity index (χ2v) is 7.05. The van der Waals surface area contributed by atoms with E-state index in [1.807, 2.05) is 6.07 Å². The second-order valence-electron chi connectivity index (χ2n) is 7.05. The maximum absolute atomic E-state index is 13.0. The molecule has 1 amide bonds. The normalized spacial score (nSPS) is 26.5. The van der Waals surface area contributed by atoms with Crippen LogP contribution in [0.2, 0.25) is 0 Å². The number of benzene rings is 1. The number of rotatable bonds is 4. The van der Waals surface area contributed by atoms with E-state index in [1.54, 1.807) is 6.92 Å². The molecule has 1 saturated carbocycles. The number of nitrogens with zero attached hydrogens (tertiary/aromatic N) is 3. The lowest BCUT2D eigenvalue weighted by molar-refractivity contribution is -0.126. The Morgan fingerprint density at radius 3 is 2.96 bits per heavy atom. The second kappa shape index (κ2) is 6.02. The molecule has 0 bridgehead atoms. The van der Waals surface area contributed by atoms with Gasteiger partial charge in [-0.25, -0.2) is 4.63 Å². The van der Waals surface area contributed by atoms with E-state index in [0.29, 0.717) is 17.4 Å². The van der Waals surface area contributed by atoms with Crippen LogP contribution in [-0.2, 0) is 11.3 Å². The topological polar surface area (TPSA) is 71.3 Å². The molecule has 0 unspecified atom stereocenters. The molecule has 1 aliphatic carbocycles. The number of carbonyl (C=O) groups is 1. The Kier molecular flexibility index (Phi) is 3.84. The minimum absolute atomic E-state index is 0.0689. The maximum atomic E-state index is 13.0. The zero-order valence-corrected chi connectivity index (χ0v) is 13.9. The van der Waals surface area contributed by atoms with Gasteiger partial charge >= 0.3 is 0 Å². The molecule has 2 atom stereocenters. The van der Waals surface area contributed by atoms with Crippen LogP contribution in [0.1, 0.15) is 30.5 Å². The van der Waals surface area contributed by atoms with Crippen molar-refractivity contribution >= 4 is 11.7 Å². The molecular weight excluding hydrogens is 304 g/mol. The van der Waals surface area contributed by atoms with Crippen LogP contribution in [0.3, 0.4) is 0 Å². The van der Waals surface area contributed by atoms with Crippen molar-refractivity contribution in [2.75, 3.05) is 18.4 Å². The number of hydrogen-bond donors (Lipinski definition) is 1. The fraction of sp³-hybridized carbons (Fsp3) is 0.500. The third-order valence-electron chi connectivity index (χ3n) is 5.53. The van der Waals surface area contributed by atoms with Crippen molar-refractivity contribution in [2.45, 2.75) is 32.7 Å². The molecule has 1 N–H and O–H groups in total. The minimum atomic E-state index is -0.305. The van der Waals surface area contributed by atoms with E-state index >= 15 is 0 Å². The van der Waals surface area contributed by atoms with E-state index in [1.165, 1.54) is 5.56 Å². The number of aryl methyl sites for hydroxylation is 1. The molecule has 6 nitrogen and oxygen atoms in total. The van der Waals surface area contributed by atoms with Gasteiger partial charge in [0.15, 0.2) is 5.82 Å². The standard InChI is InChI=1S/C18H22N4O2/c1-13-16(21-24-20-13)19-17(23)18-9-5-8-15(18)11-22(12-18)10-14-6-3-2-4-7-14/h2-4,6-7,15H,5,8-12H2,1H3,(H,19,21,23)/t15-,18-/m0/s1. The lowest BCUT2D eigenvalue weighted by Crippen LogP contribution is -2.40. The SMILES string of the molecule is Cc1nonc1NC(=O)[C@]12CCC[C@H]1CN(Cc1ccccc1)C2. The van der Waals surface area contributed by atoms with Gasteiger partial charge in [-0.15, -0.1) is 0 Å². The number of hydrogen-bond acceptors (Lipinski definition) is 5. The molecule has 4 rings (SSSR count). The summed E-state index contributed by atoms with van der Waals surface area (Å²) >= 11 is 0. The quantitative estimate of drug-likeness (QED) is 0.935. The Hall–Kier alpha value is -2.21. The summed E-state index contributed by atoms with van der Waals surface area (Å²) in [5.41, 5.74) is 1.61. The highest BCUT2D eigenvalue weighted by Crippen LogP contribution is 2.49. The smallest absolute Gasteiger partial charge is 0.233 e. The number of aromatic nitrogens is 2. The van der Waals surface area contributed by atoms with Crippen LogP contribution in [-0.4, -0.2) is 34.2 Å². The summed E-state index contributed by atoms with van der Waals surface area (Å²) in [6, 6.07) is 10.5. The largest absolute Gasteiger partial charge is 0.306 e. The van der Waals surface area contributed by atoms with Gasteiger partial charge in [0.05, 0.1) is 5.41 Å². The first-order valence-electron chi connectivity index (χ1n) is 8.54. The monoisotopic (exact) mass is 326 g/mol. The van der Waals surface area contributed by atoms with Gasteiger partial charge in [0.1, 0.15) is 5.69 Å². The van der Waals surface area contributed by atoms with Crippen LogP contribution in [0.25, 0.3) is 0 Å². The summed E-state index contributed by atoms with van der Waals surface area (Å²) in [5, 5.41) is 10.5. The van der Waals surface area contributed by atoms with Gasteiger partial charge in [-0.2, -0.15) is 0 Å². The first-order valence-corrected chi connectivity index (χ1v) is 8.54. The van der Waals surface area contributed by atoms with Gasteiger partial charge < -0.3 is 5.32 Å². The molecule has 24 heavy (non-hydrogen) atoms. The number of amides is 1. The van der Waals surface area contributed by atoms with Gasteiger partial charge in [0.2, 0.25) is 5.91 Å². The zero-order valence-electron chi connectivity index (χ0n) is 13.9. The van der Waals surface area contributed by atoms with E-state index in [4.69, 9.17) is 4.63 Å². The molecular formula is C18H22N4O2.